The van der Waals surface area contributed by atoms with Gasteiger partial charge in [-0.05, 0) is 61.3 Å². The minimum Gasteiger partial charge on any atom is -0.486 e. The molecule has 0 saturated heterocycles. The molecule has 1 aliphatic heterocycles. The van der Waals surface area contributed by atoms with Crippen LogP contribution in [0.1, 0.15) is 50.9 Å². The van der Waals surface area contributed by atoms with E-state index in [1.165, 1.54) is 17.3 Å². The van der Waals surface area contributed by atoms with Gasteiger partial charge in [-0.3, -0.25) is 4.79 Å². The minimum absolute atomic E-state index is 0.150. The van der Waals surface area contributed by atoms with Gasteiger partial charge in [-0.25, -0.2) is 4.98 Å². The van der Waals surface area contributed by atoms with Crippen molar-refractivity contribution >= 4 is 23.4 Å². The molecule has 2 atom stereocenters. The van der Waals surface area contributed by atoms with Crippen LogP contribution >= 0.6 is 11.8 Å². The number of nitriles is 1. The molecule has 2 unspecified atom stereocenters. The summed E-state index contributed by atoms with van der Waals surface area (Å²) in [5.74, 6) is 1.74. The number of aryl methyl sites for hydroxylation is 1. The quantitative estimate of drug-likeness (QED) is 0.659. The van der Waals surface area contributed by atoms with Crippen LogP contribution in [0.15, 0.2) is 29.3 Å². The second kappa shape index (κ2) is 9.03. The van der Waals surface area contributed by atoms with Crippen molar-refractivity contribution in [2.45, 2.75) is 57.2 Å². The van der Waals surface area contributed by atoms with E-state index in [-0.39, 0.29) is 11.3 Å². The van der Waals surface area contributed by atoms with E-state index in [1.54, 1.807) is 18.2 Å². The van der Waals surface area contributed by atoms with E-state index in [0.29, 0.717) is 46.9 Å². The summed E-state index contributed by atoms with van der Waals surface area (Å²) in [5, 5.41) is 12.9. The molecular formula is C25H29N3O3S. The topological polar surface area (TPSA) is 84.2 Å². The van der Waals surface area contributed by atoms with Crippen molar-refractivity contribution in [3.05, 3.63) is 41.1 Å². The van der Waals surface area contributed by atoms with Gasteiger partial charge in [-0.1, -0.05) is 32.5 Å². The first-order chi connectivity index (χ1) is 15.2. The number of rotatable bonds is 4. The molecule has 1 amide bonds. The lowest BCUT2D eigenvalue weighted by atomic mass is 9.71. The van der Waals surface area contributed by atoms with Crippen LogP contribution < -0.4 is 14.8 Å². The number of thioether (sulfide) groups is 1. The summed E-state index contributed by atoms with van der Waals surface area (Å²) in [7, 11) is 0. The SMILES string of the molecule is CC(Sc1nc2c(cc1C#N)CC(C(C)(C)C)CC2)C(=O)Nc1ccc2c(c1)OCCO2. The molecule has 1 N–H and O–H groups in total. The van der Waals surface area contributed by atoms with E-state index >= 15 is 0 Å². The van der Waals surface area contributed by atoms with Gasteiger partial charge in [0.2, 0.25) is 5.91 Å². The molecule has 0 fully saturated rings. The number of hydrogen-bond acceptors (Lipinski definition) is 6. The van der Waals surface area contributed by atoms with Gasteiger partial charge in [-0.15, -0.1) is 0 Å². The van der Waals surface area contributed by atoms with Crippen molar-refractivity contribution in [1.82, 2.24) is 4.98 Å². The third kappa shape index (κ3) is 4.86. The van der Waals surface area contributed by atoms with Crippen molar-refractivity contribution in [2.75, 3.05) is 18.5 Å². The number of amides is 1. The molecule has 0 radical (unpaired) electrons. The van der Waals surface area contributed by atoms with Gasteiger partial charge in [0.15, 0.2) is 11.5 Å². The first-order valence-electron chi connectivity index (χ1n) is 11.0. The van der Waals surface area contributed by atoms with E-state index in [2.05, 4.69) is 32.2 Å². The summed E-state index contributed by atoms with van der Waals surface area (Å²) in [5.41, 5.74) is 3.66. The molecular weight excluding hydrogens is 422 g/mol. The van der Waals surface area contributed by atoms with E-state index in [9.17, 15) is 10.1 Å². The lowest BCUT2D eigenvalue weighted by Crippen LogP contribution is -2.28. The Morgan fingerprint density at radius 2 is 2.00 bits per heavy atom. The lowest BCUT2D eigenvalue weighted by Gasteiger charge is -2.34. The Balaban J connectivity index is 1.46. The number of carbonyl (C=O) groups excluding carboxylic acids is 1. The highest BCUT2D eigenvalue weighted by Crippen LogP contribution is 2.38. The summed E-state index contributed by atoms with van der Waals surface area (Å²) in [4.78, 5) is 17.6. The van der Waals surface area contributed by atoms with Crippen LogP contribution in [0.5, 0.6) is 11.5 Å². The number of nitrogens with one attached hydrogen (secondary N) is 1. The Morgan fingerprint density at radius 3 is 2.72 bits per heavy atom. The highest BCUT2D eigenvalue weighted by Gasteiger charge is 2.30. The second-order valence-electron chi connectivity index (χ2n) is 9.47. The second-order valence-corrected chi connectivity index (χ2v) is 10.8. The van der Waals surface area contributed by atoms with Crippen molar-refractivity contribution in [3.8, 4) is 17.6 Å². The van der Waals surface area contributed by atoms with Crippen LogP contribution in [0.3, 0.4) is 0 Å². The van der Waals surface area contributed by atoms with Crippen molar-refractivity contribution in [1.29, 1.82) is 5.26 Å². The number of aromatic nitrogens is 1. The first-order valence-corrected chi connectivity index (χ1v) is 11.9. The third-order valence-corrected chi connectivity index (χ3v) is 7.27. The van der Waals surface area contributed by atoms with E-state index in [1.807, 2.05) is 13.0 Å². The molecule has 1 aliphatic carbocycles. The molecule has 0 spiro atoms. The largest absolute Gasteiger partial charge is 0.486 e. The Bertz CT molecular complexity index is 1070. The molecule has 2 aromatic rings. The molecule has 7 heteroatoms. The van der Waals surface area contributed by atoms with Gasteiger partial charge < -0.3 is 14.8 Å². The van der Waals surface area contributed by atoms with Gasteiger partial charge >= 0.3 is 0 Å². The average Bonchev–Trinajstić information content (AvgIpc) is 2.77. The highest BCUT2D eigenvalue weighted by atomic mass is 32.2. The fourth-order valence-electron chi connectivity index (χ4n) is 4.14. The molecule has 2 aliphatic rings. The number of hydrogen-bond donors (Lipinski definition) is 1. The van der Waals surface area contributed by atoms with Crippen LogP contribution in [0, 0.1) is 22.7 Å². The molecule has 32 heavy (non-hydrogen) atoms. The van der Waals surface area contributed by atoms with Gasteiger partial charge in [0.25, 0.3) is 0 Å². The highest BCUT2D eigenvalue weighted by molar-refractivity contribution is 8.00. The molecule has 168 valence electrons. The summed E-state index contributed by atoms with van der Waals surface area (Å²) < 4.78 is 11.1. The third-order valence-electron chi connectivity index (χ3n) is 6.16. The molecule has 1 aromatic heterocycles. The summed E-state index contributed by atoms with van der Waals surface area (Å²) in [6, 6.07) is 9.63. The number of ether oxygens (including phenoxy) is 2. The molecule has 0 bridgehead atoms. The van der Waals surface area contributed by atoms with Crippen LogP contribution in [-0.2, 0) is 17.6 Å². The fraction of sp³-hybridized carbons (Fsp3) is 0.480. The van der Waals surface area contributed by atoms with Gasteiger partial charge in [0.05, 0.1) is 10.8 Å². The maximum absolute atomic E-state index is 12.8. The zero-order valence-corrected chi connectivity index (χ0v) is 19.8. The van der Waals surface area contributed by atoms with Crippen molar-refractivity contribution in [2.24, 2.45) is 11.3 Å². The summed E-state index contributed by atoms with van der Waals surface area (Å²) >= 11 is 1.33. The minimum atomic E-state index is -0.410. The van der Waals surface area contributed by atoms with Crippen molar-refractivity contribution < 1.29 is 14.3 Å². The molecule has 6 nitrogen and oxygen atoms in total. The van der Waals surface area contributed by atoms with Gasteiger partial charge in [0.1, 0.15) is 24.3 Å². The Hall–Kier alpha value is -2.72. The standard InChI is InChI=1S/C25H29N3O3S/c1-15(23(29)27-19-6-8-21-22(13-19)31-10-9-30-21)32-24-17(14-26)11-16-12-18(25(2,3)4)5-7-20(16)28-24/h6,8,11,13,15,18H,5,7,9-10,12H2,1-4H3,(H,27,29). The van der Waals surface area contributed by atoms with Crippen LogP contribution in [-0.4, -0.2) is 29.4 Å². The van der Waals surface area contributed by atoms with Gasteiger partial charge in [-0.2, -0.15) is 5.26 Å². The Labute approximate surface area is 193 Å². The molecule has 0 saturated carbocycles. The number of pyridine rings is 1. The zero-order valence-electron chi connectivity index (χ0n) is 19.0. The van der Waals surface area contributed by atoms with Crippen LogP contribution in [0.4, 0.5) is 5.69 Å². The monoisotopic (exact) mass is 451 g/mol. The van der Waals surface area contributed by atoms with E-state index < -0.39 is 5.25 Å². The van der Waals surface area contributed by atoms with Crippen LogP contribution in [0.2, 0.25) is 0 Å². The Kier molecular flexibility index (Phi) is 6.34. The summed E-state index contributed by atoms with van der Waals surface area (Å²) in [6.07, 6.45) is 2.96. The average molecular weight is 452 g/mol. The fourth-order valence-corrected chi connectivity index (χ4v) is 5.04. The lowest BCUT2D eigenvalue weighted by molar-refractivity contribution is -0.115. The van der Waals surface area contributed by atoms with E-state index in [0.717, 1.165) is 25.0 Å². The maximum Gasteiger partial charge on any atom is 0.237 e. The predicted octanol–water partition coefficient (Wildman–Crippen LogP) is 4.99. The number of nitrogens with zero attached hydrogens (tertiary/aromatic N) is 2. The normalized spacial score (nSPS) is 18.3. The Morgan fingerprint density at radius 1 is 1.25 bits per heavy atom. The number of carbonyl (C=O) groups is 1. The number of fused-ring (bicyclic) bond motifs is 2. The maximum atomic E-state index is 12.8. The molecule has 1 aromatic carbocycles. The van der Waals surface area contributed by atoms with Crippen LogP contribution in [0.25, 0.3) is 0 Å². The zero-order chi connectivity index (χ0) is 22.9. The van der Waals surface area contributed by atoms with Crippen molar-refractivity contribution in [3.63, 3.8) is 0 Å². The molecule has 4 rings (SSSR count). The predicted molar refractivity (Wildman–Crippen MR) is 125 cm³/mol. The summed E-state index contributed by atoms with van der Waals surface area (Å²) in [6.45, 7) is 9.66. The first kappa shape index (κ1) is 22.5. The number of anilines is 1. The molecule has 2 heterocycles. The van der Waals surface area contributed by atoms with Gasteiger partial charge in [0, 0.05) is 17.4 Å². The smallest absolute Gasteiger partial charge is 0.237 e. The van der Waals surface area contributed by atoms with E-state index in [4.69, 9.17) is 14.5 Å². The number of benzene rings is 1.